The summed E-state index contributed by atoms with van der Waals surface area (Å²) in [6.07, 6.45) is 13.2. The van der Waals surface area contributed by atoms with Gasteiger partial charge in [-0.15, -0.1) is 0 Å². The number of nitrogens with one attached hydrogen (secondary N) is 1. The van der Waals surface area contributed by atoms with Crippen molar-refractivity contribution in [3.63, 3.8) is 0 Å². The molecule has 2 aliphatic heterocycles. The zero-order valence-electron chi connectivity index (χ0n) is 15.8. The van der Waals surface area contributed by atoms with E-state index in [-0.39, 0.29) is 6.23 Å². The second kappa shape index (κ2) is 8.67. The molecule has 144 valence electrons. The first-order chi connectivity index (χ1) is 13.3. The highest BCUT2D eigenvalue weighted by Gasteiger charge is 2.15. The Bertz CT molecular complexity index is 813. The molecule has 0 amide bonds. The average molecular weight is 367 g/mol. The molecule has 1 unspecified atom stereocenters. The Morgan fingerprint density at radius 1 is 1.33 bits per heavy atom. The van der Waals surface area contributed by atoms with Gasteiger partial charge >= 0.3 is 0 Å². The topological polar surface area (TPSA) is 77.5 Å². The minimum absolute atomic E-state index is 0.0449. The molecule has 0 spiro atoms. The normalized spacial score (nSPS) is 22.7. The van der Waals surface area contributed by atoms with Gasteiger partial charge in [0.15, 0.2) is 0 Å². The first kappa shape index (κ1) is 18.2. The van der Waals surface area contributed by atoms with Crippen LogP contribution in [0.15, 0.2) is 35.7 Å². The molecule has 2 saturated heterocycles. The molecule has 4 heterocycles. The van der Waals surface area contributed by atoms with Gasteiger partial charge in [0, 0.05) is 54.5 Å². The molecule has 6 heteroatoms. The third kappa shape index (κ3) is 4.39. The SMILES string of the molecule is NC=C(C=NC1CCCCO1)c1cnc2c(ccn2CC2CCNCC2)c1. The Hall–Kier alpha value is -2.18. The third-order valence-corrected chi connectivity index (χ3v) is 5.56. The fourth-order valence-electron chi connectivity index (χ4n) is 3.94. The summed E-state index contributed by atoms with van der Waals surface area (Å²) in [5, 5.41) is 4.57. The van der Waals surface area contributed by atoms with Crippen LogP contribution >= 0.6 is 0 Å². The number of hydrogen-bond acceptors (Lipinski definition) is 5. The Balaban J connectivity index is 1.49. The number of piperidine rings is 1. The molecule has 2 aliphatic rings. The summed E-state index contributed by atoms with van der Waals surface area (Å²) >= 11 is 0. The number of allylic oxidation sites excluding steroid dienone is 1. The monoisotopic (exact) mass is 367 g/mol. The highest BCUT2D eigenvalue weighted by atomic mass is 16.5. The van der Waals surface area contributed by atoms with Gasteiger partial charge in [-0.3, -0.25) is 4.99 Å². The molecular weight excluding hydrogens is 338 g/mol. The Kier molecular flexibility index (Phi) is 5.84. The lowest BCUT2D eigenvalue weighted by Gasteiger charge is -2.23. The largest absolute Gasteiger partial charge is 0.404 e. The van der Waals surface area contributed by atoms with E-state index in [1.807, 2.05) is 12.4 Å². The predicted molar refractivity (Wildman–Crippen MR) is 110 cm³/mol. The van der Waals surface area contributed by atoms with Crippen LogP contribution in [0.5, 0.6) is 0 Å². The highest BCUT2D eigenvalue weighted by Crippen LogP contribution is 2.22. The van der Waals surface area contributed by atoms with Crippen LogP contribution in [-0.2, 0) is 11.3 Å². The fraction of sp³-hybridized carbons (Fsp3) is 0.524. The van der Waals surface area contributed by atoms with Crippen molar-refractivity contribution >= 4 is 22.8 Å². The zero-order valence-corrected chi connectivity index (χ0v) is 15.8. The summed E-state index contributed by atoms with van der Waals surface area (Å²) in [4.78, 5) is 9.29. The fourth-order valence-corrected chi connectivity index (χ4v) is 3.94. The van der Waals surface area contributed by atoms with Gasteiger partial charge in [-0.05, 0) is 63.2 Å². The molecule has 2 aromatic heterocycles. The molecule has 3 N–H and O–H groups in total. The Morgan fingerprint density at radius 2 is 2.22 bits per heavy atom. The Labute approximate surface area is 160 Å². The minimum Gasteiger partial charge on any atom is -0.404 e. The van der Waals surface area contributed by atoms with Crippen LogP contribution in [0.25, 0.3) is 16.6 Å². The lowest BCUT2D eigenvalue weighted by molar-refractivity contribution is 0.0227. The maximum absolute atomic E-state index is 5.86. The van der Waals surface area contributed by atoms with Crippen LogP contribution < -0.4 is 11.1 Å². The van der Waals surface area contributed by atoms with Gasteiger partial charge in [-0.25, -0.2) is 4.98 Å². The first-order valence-corrected chi connectivity index (χ1v) is 10.1. The summed E-state index contributed by atoms with van der Waals surface area (Å²) in [7, 11) is 0. The highest BCUT2D eigenvalue weighted by molar-refractivity contribution is 6.10. The van der Waals surface area contributed by atoms with Crippen LogP contribution in [0.2, 0.25) is 0 Å². The maximum atomic E-state index is 5.86. The molecule has 6 nitrogen and oxygen atoms in total. The van der Waals surface area contributed by atoms with Gasteiger partial charge in [-0.2, -0.15) is 0 Å². The number of nitrogens with zero attached hydrogens (tertiary/aromatic N) is 3. The quantitative estimate of drug-likeness (QED) is 0.797. The van der Waals surface area contributed by atoms with Crippen molar-refractivity contribution in [2.75, 3.05) is 19.7 Å². The molecule has 0 saturated carbocycles. The number of rotatable bonds is 5. The predicted octanol–water partition coefficient (Wildman–Crippen LogP) is 2.93. The van der Waals surface area contributed by atoms with E-state index in [9.17, 15) is 0 Å². The van der Waals surface area contributed by atoms with Gasteiger partial charge in [0.05, 0.1) is 0 Å². The average Bonchev–Trinajstić information content (AvgIpc) is 3.12. The van der Waals surface area contributed by atoms with Crippen LogP contribution in [0.4, 0.5) is 0 Å². The van der Waals surface area contributed by atoms with Crippen LogP contribution in [0.3, 0.4) is 0 Å². The number of ether oxygens (including phenoxy) is 1. The van der Waals surface area contributed by atoms with Crippen molar-refractivity contribution in [2.45, 2.75) is 44.9 Å². The van der Waals surface area contributed by atoms with E-state index in [4.69, 9.17) is 15.5 Å². The van der Waals surface area contributed by atoms with E-state index in [2.05, 4.69) is 33.2 Å². The molecule has 0 aromatic carbocycles. The molecule has 27 heavy (non-hydrogen) atoms. The first-order valence-electron chi connectivity index (χ1n) is 10.1. The van der Waals surface area contributed by atoms with E-state index in [1.54, 1.807) is 6.20 Å². The van der Waals surface area contributed by atoms with E-state index in [0.29, 0.717) is 0 Å². The van der Waals surface area contributed by atoms with Crippen molar-refractivity contribution in [1.29, 1.82) is 0 Å². The number of fused-ring (bicyclic) bond motifs is 1. The summed E-state index contributed by atoms with van der Waals surface area (Å²) < 4.78 is 7.95. The number of nitrogens with two attached hydrogens (primary N) is 1. The number of aliphatic imine (C=N–C) groups is 1. The standard InChI is InChI=1S/C21H29N5O/c22-12-19(14-24-20-3-1-2-10-27-20)18-11-17-6-9-26(21(17)25-13-18)15-16-4-7-23-8-5-16/h6,9,11-14,16,20,23H,1-5,7-8,10,15,22H2. The van der Waals surface area contributed by atoms with Gasteiger partial charge in [0.25, 0.3) is 0 Å². The summed E-state index contributed by atoms with van der Waals surface area (Å²) in [5.41, 5.74) is 8.77. The number of pyridine rings is 1. The van der Waals surface area contributed by atoms with E-state index < -0.39 is 0 Å². The Morgan fingerprint density at radius 3 is 3.00 bits per heavy atom. The second-order valence-corrected chi connectivity index (χ2v) is 7.52. The van der Waals surface area contributed by atoms with E-state index in [0.717, 1.165) is 67.2 Å². The minimum atomic E-state index is -0.0449. The second-order valence-electron chi connectivity index (χ2n) is 7.52. The van der Waals surface area contributed by atoms with Crippen LogP contribution in [-0.4, -0.2) is 41.7 Å². The van der Waals surface area contributed by atoms with Gasteiger partial charge in [-0.1, -0.05) is 0 Å². The smallest absolute Gasteiger partial charge is 0.148 e. The van der Waals surface area contributed by atoms with Crippen molar-refractivity contribution in [3.05, 3.63) is 36.3 Å². The van der Waals surface area contributed by atoms with Crippen molar-refractivity contribution in [1.82, 2.24) is 14.9 Å². The third-order valence-electron chi connectivity index (χ3n) is 5.56. The van der Waals surface area contributed by atoms with Crippen LogP contribution in [0.1, 0.15) is 37.7 Å². The zero-order chi connectivity index (χ0) is 18.5. The number of hydrogen-bond donors (Lipinski definition) is 2. The molecule has 1 atom stereocenters. The lowest BCUT2D eigenvalue weighted by Crippen LogP contribution is -2.29. The molecular formula is C21H29N5O. The molecule has 4 rings (SSSR count). The van der Waals surface area contributed by atoms with Crippen molar-refractivity contribution < 1.29 is 4.74 Å². The summed E-state index contributed by atoms with van der Waals surface area (Å²) in [6.45, 7) is 4.08. The van der Waals surface area contributed by atoms with E-state index in [1.165, 1.54) is 19.3 Å². The van der Waals surface area contributed by atoms with Gasteiger partial charge in [0.1, 0.15) is 11.9 Å². The van der Waals surface area contributed by atoms with Crippen LogP contribution in [0, 0.1) is 5.92 Å². The summed E-state index contributed by atoms with van der Waals surface area (Å²) in [6, 6.07) is 4.29. The van der Waals surface area contributed by atoms with Crippen molar-refractivity contribution in [2.24, 2.45) is 16.6 Å². The van der Waals surface area contributed by atoms with E-state index >= 15 is 0 Å². The molecule has 0 bridgehead atoms. The number of aromatic nitrogens is 2. The maximum Gasteiger partial charge on any atom is 0.148 e. The molecule has 2 fully saturated rings. The van der Waals surface area contributed by atoms with Gasteiger partial charge in [0.2, 0.25) is 0 Å². The lowest BCUT2D eigenvalue weighted by atomic mass is 9.98. The molecule has 0 radical (unpaired) electrons. The molecule has 0 aliphatic carbocycles. The molecule has 2 aromatic rings. The summed E-state index contributed by atoms with van der Waals surface area (Å²) in [5.74, 6) is 0.727. The van der Waals surface area contributed by atoms with Gasteiger partial charge < -0.3 is 20.4 Å². The van der Waals surface area contributed by atoms with Crippen molar-refractivity contribution in [3.8, 4) is 0 Å².